The third-order valence-electron chi connectivity index (χ3n) is 14.0. The van der Waals surface area contributed by atoms with Crippen molar-refractivity contribution < 1.29 is 14.7 Å². The normalized spacial score (nSPS) is 56.0. The summed E-state index contributed by atoms with van der Waals surface area (Å²) in [4.78, 5) is 13.4. The number of carbonyl (C=O) groups is 1. The van der Waals surface area contributed by atoms with Gasteiger partial charge in [-0.25, -0.2) is 0 Å². The Morgan fingerprint density at radius 3 is 2.24 bits per heavy atom. The second kappa shape index (κ2) is 6.62. The topological polar surface area (TPSA) is 58.9 Å². The predicted octanol–water partition coefficient (Wildman–Crippen LogP) is 7.23. The Morgan fingerprint density at radius 2 is 1.53 bits per heavy atom. The maximum Gasteiger partial charge on any atom is 0.312 e. The molecule has 5 saturated carbocycles. The monoisotopic (exact) mass is 469 g/mol. The molecule has 0 aromatic carbocycles. The van der Waals surface area contributed by atoms with Crippen LogP contribution in [0.5, 0.6) is 0 Å². The summed E-state index contributed by atoms with van der Waals surface area (Å²) >= 11 is 0. The van der Waals surface area contributed by atoms with Gasteiger partial charge < -0.3 is 9.94 Å². The smallest absolute Gasteiger partial charge is 0.312 e. The summed E-state index contributed by atoms with van der Waals surface area (Å²) in [6.07, 6.45) is 11.5. The molecule has 6 fully saturated rings. The molecule has 0 radical (unpaired) electrons. The predicted molar refractivity (Wildman–Crippen MR) is 134 cm³/mol. The highest BCUT2D eigenvalue weighted by Gasteiger charge is 2.75. The molecule has 34 heavy (non-hydrogen) atoms. The Hall–Kier alpha value is -1.06. The van der Waals surface area contributed by atoms with E-state index in [2.05, 4.69) is 53.6 Å². The number of esters is 1. The van der Waals surface area contributed by atoms with Crippen molar-refractivity contribution in [2.75, 3.05) is 0 Å². The van der Waals surface area contributed by atoms with E-state index >= 15 is 0 Å². The number of ether oxygens (including phenoxy) is 1. The zero-order valence-electron chi connectivity index (χ0n) is 22.7. The molecule has 190 valence electrons. The van der Waals surface area contributed by atoms with Gasteiger partial charge in [-0.05, 0) is 98.2 Å². The lowest BCUT2D eigenvalue weighted by molar-refractivity contribution is -0.235. The van der Waals surface area contributed by atoms with Gasteiger partial charge in [0, 0.05) is 16.7 Å². The first kappa shape index (κ1) is 23.3. The van der Waals surface area contributed by atoms with Gasteiger partial charge >= 0.3 is 5.97 Å². The summed E-state index contributed by atoms with van der Waals surface area (Å²) in [6, 6.07) is 0. The van der Waals surface area contributed by atoms with Crippen LogP contribution in [0.3, 0.4) is 0 Å². The highest BCUT2D eigenvalue weighted by molar-refractivity contribution is 5.90. The van der Waals surface area contributed by atoms with Crippen molar-refractivity contribution >= 4 is 11.7 Å². The summed E-state index contributed by atoms with van der Waals surface area (Å²) in [5.41, 5.74) is 1.69. The summed E-state index contributed by atoms with van der Waals surface area (Å²) in [7, 11) is 0. The summed E-state index contributed by atoms with van der Waals surface area (Å²) in [5.74, 6) is 2.40. The van der Waals surface area contributed by atoms with Crippen molar-refractivity contribution in [2.24, 2.45) is 61.3 Å². The third kappa shape index (κ3) is 2.43. The van der Waals surface area contributed by atoms with E-state index in [1.165, 1.54) is 32.1 Å². The van der Waals surface area contributed by atoms with Gasteiger partial charge in [-0.1, -0.05) is 53.6 Å². The van der Waals surface area contributed by atoms with Gasteiger partial charge in [0.25, 0.3) is 0 Å². The lowest BCUT2D eigenvalue weighted by Gasteiger charge is -2.72. The maximum absolute atomic E-state index is 13.4. The number of oxime groups is 1. The average Bonchev–Trinajstić information content (AvgIpc) is 3.01. The largest absolute Gasteiger partial charge is 0.461 e. The maximum atomic E-state index is 13.4. The van der Waals surface area contributed by atoms with Crippen LogP contribution in [0.25, 0.3) is 0 Å². The molecule has 6 rings (SSSR count). The highest BCUT2D eigenvalue weighted by atomic mass is 16.6. The number of rotatable bonds is 0. The van der Waals surface area contributed by atoms with Crippen LogP contribution in [0.2, 0.25) is 0 Å². The van der Waals surface area contributed by atoms with Crippen molar-refractivity contribution in [1.29, 1.82) is 0 Å². The fourth-order valence-electron chi connectivity index (χ4n) is 11.8. The molecule has 0 aromatic rings. The summed E-state index contributed by atoms with van der Waals surface area (Å²) < 4.78 is 6.28. The molecule has 5 aliphatic carbocycles. The quantitative estimate of drug-likeness (QED) is 0.231. The van der Waals surface area contributed by atoms with Crippen LogP contribution in [-0.4, -0.2) is 23.0 Å². The van der Waals surface area contributed by atoms with Crippen LogP contribution in [0.4, 0.5) is 0 Å². The molecule has 1 aliphatic heterocycles. The first-order chi connectivity index (χ1) is 15.8. The third-order valence-corrected chi connectivity index (χ3v) is 14.0. The van der Waals surface area contributed by atoms with E-state index in [0.29, 0.717) is 23.7 Å². The molecule has 0 amide bonds. The average molecular weight is 470 g/mol. The van der Waals surface area contributed by atoms with Crippen LogP contribution in [0, 0.1) is 56.2 Å². The fraction of sp³-hybridized carbons (Fsp3) is 0.933. The van der Waals surface area contributed by atoms with Gasteiger partial charge in [-0.3, -0.25) is 4.79 Å². The Kier molecular flexibility index (Phi) is 4.55. The van der Waals surface area contributed by atoms with E-state index in [-0.39, 0.29) is 44.6 Å². The molecule has 0 spiro atoms. The Bertz CT molecular complexity index is 953. The van der Waals surface area contributed by atoms with E-state index in [1.807, 2.05) is 0 Å². The van der Waals surface area contributed by atoms with Crippen molar-refractivity contribution in [2.45, 2.75) is 119 Å². The Balaban J connectivity index is 1.41. The minimum absolute atomic E-state index is 0.0375. The minimum atomic E-state index is -0.200. The van der Waals surface area contributed by atoms with E-state index in [1.54, 1.807) is 0 Å². The molecular weight excluding hydrogens is 422 g/mol. The second-order valence-electron chi connectivity index (χ2n) is 15.4. The van der Waals surface area contributed by atoms with Crippen LogP contribution in [0.1, 0.15) is 113 Å². The first-order valence-corrected chi connectivity index (χ1v) is 14.2. The van der Waals surface area contributed by atoms with Crippen LogP contribution in [0.15, 0.2) is 5.16 Å². The zero-order chi connectivity index (χ0) is 24.5. The molecule has 1 N–H and O–H groups in total. The molecule has 1 saturated heterocycles. The summed E-state index contributed by atoms with van der Waals surface area (Å²) in [5, 5.41) is 13.5. The molecule has 6 aliphatic rings. The molecule has 4 nitrogen and oxygen atoms in total. The molecule has 2 bridgehead atoms. The van der Waals surface area contributed by atoms with Crippen molar-refractivity contribution in [3.63, 3.8) is 0 Å². The second-order valence-corrected chi connectivity index (χ2v) is 15.4. The van der Waals surface area contributed by atoms with Gasteiger partial charge in [-0.15, -0.1) is 0 Å². The van der Waals surface area contributed by atoms with Crippen molar-refractivity contribution in [3.8, 4) is 0 Å². The van der Waals surface area contributed by atoms with Gasteiger partial charge in [0.15, 0.2) is 0 Å². The zero-order valence-corrected chi connectivity index (χ0v) is 22.7. The number of fused-ring (bicyclic) bond motifs is 5. The van der Waals surface area contributed by atoms with Crippen LogP contribution < -0.4 is 0 Å². The lowest BCUT2D eigenvalue weighted by Crippen LogP contribution is -2.67. The SMILES string of the molecule is CC1(C)CC[C@@]23CC[C@]4(C)[C@@H](CC[C@H]5[C@@]6(C)CC/C(=N/O)C(C)(C)[C@H]6CC[C@]54C)[C@H]2[C@H]1OC3=O. The minimum Gasteiger partial charge on any atom is -0.461 e. The molecular formula is C30H47NO3. The highest BCUT2D eigenvalue weighted by Crippen LogP contribution is 2.78. The summed E-state index contributed by atoms with van der Waals surface area (Å²) in [6.45, 7) is 17.2. The van der Waals surface area contributed by atoms with Crippen molar-refractivity contribution in [1.82, 2.24) is 0 Å². The number of hydrogen-bond donors (Lipinski definition) is 1. The number of carbonyl (C=O) groups excluding carboxylic acids is 1. The fourth-order valence-corrected chi connectivity index (χ4v) is 11.8. The van der Waals surface area contributed by atoms with Gasteiger partial charge in [0.1, 0.15) is 6.10 Å². The van der Waals surface area contributed by atoms with Gasteiger partial charge in [0.05, 0.1) is 11.1 Å². The lowest BCUT2D eigenvalue weighted by atomic mass is 9.31. The van der Waals surface area contributed by atoms with Crippen molar-refractivity contribution in [3.05, 3.63) is 0 Å². The molecule has 0 unspecified atom stereocenters. The van der Waals surface area contributed by atoms with Crippen LogP contribution in [-0.2, 0) is 9.53 Å². The first-order valence-electron chi connectivity index (χ1n) is 14.2. The Labute approximate surface area is 206 Å². The van der Waals surface area contributed by atoms with Gasteiger partial charge in [0.2, 0.25) is 0 Å². The number of nitrogens with zero attached hydrogens (tertiary/aromatic N) is 1. The molecule has 4 heteroatoms. The molecule has 1 heterocycles. The van der Waals surface area contributed by atoms with E-state index < -0.39 is 0 Å². The molecule has 9 atom stereocenters. The Morgan fingerprint density at radius 1 is 0.824 bits per heavy atom. The van der Waals surface area contributed by atoms with Gasteiger partial charge in [-0.2, -0.15) is 0 Å². The van der Waals surface area contributed by atoms with Crippen LogP contribution >= 0.6 is 0 Å². The standard InChI is InChI=1S/C30H47NO3/c1-25(2)14-16-30-17-15-28(6)18(22(30)23(25)34-24(30)32)8-9-20-27(5)12-11-21(31-33)26(3,4)19(27)10-13-29(20,28)7/h18-20,22-23,33H,8-17H2,1-7H3/b31-21-/t18-,19+,20-,22-,23+,27-,28+,29+,30+/m0/s1. The number of hydrogen-bond acceptors (Lipinski definition) is 4. The van der Waals surface area contributed by atoms with E-state index in [0.717, 1.165) is 37.8 Å². The molecule has 0 aromatic heterocycles. The van der Waals surface area contributed by atoms with E-state index in [4.69, 9.17) is 4.74 Å². The van der Waals surface area contributed by atoms with E-state index in [9.17, 15) is 10.0 Å².